The maximum Gasteiger partial charge on any atom is 0.0929 e. The first-order valence-corrected chi connectivity index (χ1v) is 7.64. The highest BCUT2D eigenvalue weighted by Crippen LogP contribution is 2.40. The summed E-state index contributed by atoms with van der Waals surface area (Å²) >= 11 is 23.4. The second-order valence-corrected chi connectivity index (χ2v) is 7.29. The Morgan fingerprint density at radius 3 is 2.41 bits per heavy atom. The Labute approximate surface area is 128 Å². The highest BCUT2D eigenvalue weighted by molar-refractivity contribution is 9.11. The smallest absolute Gasteiger partial charge is 0.0929 e. The number of benzene rings is 1. The zero-order valence-electron chi connectivity index (χ0n) is 8.81. The van der Waals surface area contributed by atoms with Crippen molar-refractivity contribution < 1.29 is 0 Å². The molecule has 90 valence electrons. The second kappa shape index (κ2) is 5.50. The lowest BCUT2D eigenvalue weighted by Crippen LogP contribution is -1.90. The van der Waals surface area contributed by atoms with Crippen molar-refractivity contribution in [3.8, 4) is 0 Å². The van der Waals surface area contributed by atoms with Crippen molar-refractivity contribution >= 4 is 62.1 Å². The summed E-state index contributed by atoms with van der Waals surface area (Å²) in [5, 5.41) is 1.20. The van der Waals surface area contributed by atoms with E-state index in [1.807, 2.05) is 31.2 Å². The van der Waals surface area contributed by atoms with Gasteiger partial charge in [0, 0.05) is 9.90 Å². The summed E-state index contributed by atoms with van der Waals surface area (Å²) in [6.07, 6.45) is 0. The molecule has 2 aromatic rings. The van der Waals surface area contributed by atoms with Crippen molar-refractivity contribution in [3.63, 3.8) is 0 Å². The Morgan fingerprint density at radius 2 is 1.88 bits per heavy atom. The minimum atomic E-state index is -0.220. The maximum atomic E-state index is 6.41. The predicted molar refractivity (Wildman–Crippen MR) is 80.9 cm³/mol. The average Bonchev–Trinajstić information content (AvgIpc) is 2.62. The van der Waals surface area contributed by atoms with Gasteiger partial charge in [0.05, 0.1) is 14.2 Å². The van der Waals surface area contributed by atoms with Gasteiger partial charge in [-0.3, -0.25) is 0 Å². The summed E-state index contributed by atoms with van der Waals surface area (Å²) in [6, 6.07) is 7.73. The van der Waals surface area contributed by atoms with Gasteiger partial charge in [-0.25, -0.2) is 0 Å². The number of thiophene rings is 1. The van der Waals surface area contributed by atoms with Gasteiger partial charge in [0.2, 0.25) is 0 Å². The molecule has 1 atom stereocenters. The van der Waals surface area contributed by atoms with Crippen molar-refractivity contribution in [2.24, 2.45) is 0 Å². The highest BCUT2D eigenvalue weighted by Gasteiger charge is 2.16. The van der Waals surface area contributed by atoms with E-state index in [1.165, 1.54) is 11.3 Å². The van der Waals surface area contributed by atoms with Crippen molar-refractivity contribution in [1.29, 1.82) is 0 Å². The summed E-state index contributed by atoms with van der Waals surface area (Å²) in [5.41, 5.74) is 2.03. The molecule has 0 fully saturated rings. The number of aryl methyl sites for hydroxylation is 1. The number of alkyl halides is 1. The minimum Gasteiger partial charge on any atom is -0.130 e. The summed E-state index contributed by atoms with van der Waals surface area (Å²) in [4.78, 5) is 1.00. The van der Waals surface area contributed by atoms with Gasteiger partial charge in [-0.1, -0.05) is 35.3 Å². The molecule has 0 aliphatic rings. The molecule has 0 amide bonds. The van der Waals surface area contributed by atoms with Crippen molar-refractivity contribution in [1.82, 2.24) is 0 Å². The van der Waals surface area contributed by atoms with Crippen LogP contribution in [0.2, 0.25) is 10.0 Å². The van der Waals surface area contributed by atoms with Crippen LogP contribution in [-0.4, -0.2) is 0 Å². The number of hydrogen-bond acceptors (Lipinski definition) is 1. The van der Waals surface area contributed by atoms with Crippen LogP contribution in [0.25, 0.3) is 0 Å². The van der Waals surface area contributed by atoms with Crippen molar-refractivity contribution in [2.45, 2.75) is 12.3 Å². The standard InChI is InChI=1S/C12H8BrCl3S/c1-6-2-3-7(4-8(6)14)11(16)10-5-9(15)12(13)17-10/h2-5,11H,1H3. The quantitative estimate of drug-likeness (QED) is 0.533. The van der Waals surface area contributed by atoms with Gasteiger partial charge in [-0.05, 0) is 46.1 Å². The van der Waals surface area contributed by atoms with Gasteiger partial charge < -0.3 is 0 Å². The zero-order valence-corrected chi connectivity index (χ0v) is 13.5. The Balaban J connectivity index is 2.36. The molecule has 0 N–H and O–H groups in total. The van der Waals surface area contributed by atoms with Gasteiger partial charge in [0.1, 0.15) is 0 Å². The third-order valence-corrected chi connectivity index (χ3v) is 5.97. The molecule has 0 bridgehead atoms. The molecular formula is C12H8BrCl3S. The summed E-state index contributed by atoms with van der Waals surface area (Å²) in [6.45, 7) is 1.97. The fourth-order valence-corrected chi connectivity index (χ4v) is 3.69. The van der Waals surface area contributed by atoms with Gasteiger partial charge >= 0.3 is 0 Å². The van der Waals surface area contributed by atoms with Gasteiger partial charge in [0.15, 0.2) is 0 Å². The van der Waals surface area contributed by atoms with Crippen molar-refractivity contribution in [2.75, 3.05) is 0 Å². The molecule has 1 unspecified atom stereocenters. The summed E-state index contributed by atoms with van der Waals surface area (Å²) in [5.74, 6) is 0. The number of rotatable bonds is 2. The third-order valence-electron chi connectivity index (χ3n) is 2.40. The van der Waals surface area contributed by atoms with Crippen LogP contribution in [0, 0.1) is 6.92 Å². The van der Waals surface area contributed by atoms with Crippen LogP contribution in [-0.2, 0) is 0 Å². The van der Waals surface area contributed by atoms with Crippen LogP contribution in [0.1, 0.15) is 21.4 Å². The van der Waals surface area contributed by atoms with Crippen LogP contribution >= 0.6 is 62.1 Å². The molecule has 0 aliphatic carbocycles. The van der Waals surface area contributed by atoms with E-state index in [1.54, 1.807) is 0 Å². The van der Waals surface area contributed by atoms with Crippen LogP contribution in [0.3, 0.4) is 0 Å². The third kappa shape index (κ3) is 2.99. The van der Waals surface area contributed by atoms with E-state index in [0.29, 0.717) is 5.02 Å². The van der Waals surface area contributed by atoms with Crippen LogP contribution in [0.15, 0.2) is 28.1 Å². The molecule has 1 heterocycles. The minimum absolute atomic E-state index is 0.220. The van der Waals surface area contributed by atoms with E-state index in [2.05, 4.69) is 15.9 Å². The first-order valence-electron chi connectivity index (χ1n) is 4.84. The average molecular weight is 371 g/mol. The largest absolute Gasteiger partial charge is 0.130 e. The SMILES string of the molecule is Cc1ccc(C(Cl)c2cc(Cl)c(Br)s2)cc1Cl. The number of halogens is 4. The van der Waals surface area contributed by atoms with E-state index < -0.39 is 0 Å². The molecule has 17 heavy (non-hydrogen) atoms. The molecule has 0 spiro atoms. The lowest BCUT2D eigenvalue weighted by Gasteiger charge is -2.09. The predicted octanol–water partition coefficient (Wildman–Crippen LogP) is 6.45. The first-order chi connectivity index (χ1) is 7.99. The molecule has 1 aromatic carbocycles. The van der Waals surface area contributed by atoms with Gasteiger partial charge in [0.25, 0.3) is 0 Å². The fourth-order valence-electron chi connectivity index (χ4n) is 1.42. The Bertz CT molecular complexity index is 531. The highest BCUT2D eigenvalue weighted by atomic mass is 79.9. The van der Waals surface area contributed by atoms with E-state index in [-0.39, 0.29) is 5.38 Å². The second-order valence-electron chi connectivity index (χ2n) is 3.64. The van der Waals surface area contributed by atoms with Crippen molar-refractivity contribution in [3.05, 3.63) is 54.1 Å². The van der Waals surface area contributed by atoms with E-state index >= 15 is 0 Å². The maximum absolute atomic E-state index is 6.41. The molecule has 1 aromatic heterocycles. The Kier molecular flexibility index (Phi) is 4.43. The molecule has 2 rings (SSSR count). The lowest BCUT2D eigenvalue weighted by molar-refractivity contribution is 1.18. The molecule has 0 nitrogen and oxygen atoms in total. The zero-order chi connectivity index (χ0) is 12.6. The van der Waals surface area contributed by atoms with Gasteiger partial charge in [-0.15, -0.1) is 22.9 Å². The van der Waals surface area contributed by atoms with E-state index in [0.717, 1.165) is 24.8 Å². The summed E-state index contributed by atoms with van der Waals surface area (Å²) in [7, 11) is 0. The molecule has 0 aliphatic heterocycles. The first kappa shape index (κ1) is 13.7. The van der Waals surface area contributed by atoms with Crippen LogP contribution < -0.4 is 0 Å². The molecular weight excluding hydrogens is 362 g/mol. The van der Waals surface area contributed by atoms with E-state index in [4.69, 9.17) is 34.8 Å². The molecule has 0 saturated heterocycles. The lowest BCUT2D eigenvalue weighted by atomic mass is 10.1. The normalized spacial score (nSPS) is 12.8. The monoisotopic (exact) mass is 368 g/mol. The fraction of sp³-hybridized carbons (Fsp3) is 0.167. The topological polar surface area (TPSA) is 0 Å². The summed E-state index contributed by atoms with van der Waals surface area (Å²) < 4.78 is 0.901. The Morgan fingerprint density at radius 1 is 1.18 bits per heavy atom. The number of hydrogen-bond donors (Lipinski definition) is 0. The van der Waals surface area contributed by atoms with Crippen LogP contribution in [0.5, 0.6) is 0 Å². The van der Waals surface area contributed by atoms with E-state index in [9.17, 15) is 0 Å². The van der Waals surface area contributed by atoms with Crippen LogP contribution in [0.4, 0.5) is 0 Å². The molecule has 0 radical (unpaired) electrons. The van der Waals surface area contributed by atoms with Gasteiger partial charge in [-0.2, -0.15) is 0 Å². The Hall–Kier alpha value is 0.270. The molecule has 0 saturated carbocycles. The molecule has 5 heteroatoms.